The van der Waals surface area contributed by atoms with Crippen molar-refractivity contribution < 1.29 is 32.3 Å². The van der Waals surface area contributed by atoms with E-state index in [0.717, 1.165) is 6.20 Å². The highest BCUT2D eigenvalue weighted by Gasteiger charge is 2.20. The van der Waals surface area contributed by atoms with Crippen LogP contribution in [0.3, 0.4) is 0 Å². The van der Waals surface area contributed by atoms with E-state index in [1.807, 2.05) is 4.72 Å². The molecule has 0 saturated carbocycles. The van der Waals surface area contributed by atoms with Crippen LogP contribution in [0.4, 0.5) is 0 Å². The van der Waals surface area contributed by atoms with Crippen LogP contribution in [0.15, 0.2) is 47.5 Å². The zero-order valence-electron chi connectivity index (χ0n) is 17.6. The number of nitrogens with one attached hydrogen (secondary N) is 3. The van der Waals surface area contributed by atoms with Gasteiger partial charge in [-0.1, -0.05) is 0 Å². The topological polar surface area (TPSA) is 153 Å². The van der Waals surface area contributed by atoms with Crippen LogP contribution in [0.5, 0.6) is 0 Å². The van der Waals surface area contributed by atoms with Crippen LogP contribution in [0, 0.1) is 0 Å². The molecule has 1 aromatic carbocycles. The average Bonchev–Trinajstić information content (AvgIpc) is 2.79. The molecule has 3 amide bonds. The molecule has 0 unspecified atom stereocenters. The summed E-state index contributed by atoms with van der Waals surface area (Å²) in [5.74, 6) is -1.74. The van der Waals surface area contributed by atoms with E-state index in [1.54, 1.807) is 0 Å². The van der Waals surface area contributed by atoms with Crippen molar-refractivity contribution >= 4 is 27.7 Å². The Morgan fingerprint density at radius 1 is 0.812 bits per heavy atom. The predicted octanol–water partition coefficient (Wildman–Crippen LogP) is -0.0473. The van der Waals surface area contributed by atoms with Gasteiger partial charge in [0.15, 0.2) is 0 Å². The SMILES string of the molecule is COCCNC(=O)c1ccc(S(=O)(=O)NC(=O)c2ccc(C(=O)NCCOC)nc2)cc1. The van der Waals surface area contributed by atoms with Crippen LogP contribution < -0.4 is 15.4 Å². The van der Waals surface area contributed by atoms with Gasteiger partial charge in [-0.15, -0.1) is 0 Å². The Bertz CT molecular complexity index is 1040. The van der Waals surface area contributed by atoms with Gasteiger partial charge in [-0.25, -0.2) is 13.1 Å². The number of hydrogen-bond donors (Lipinski definition) is 3. The highest BCUT2D eigenvalue weighted by Crippen LogP contribution is 2.12. The van der Waals surface area contributed by atoms with Crippen molar-refractivity contribution in [2.45, 2.75) is 4.90 Å². The third-order valence-electron chi connectivity index (χ3n) is 4.10. The number of rotatable bonds is 11. The van der Waals surface area contributed by atoms with Crippen molar-refractivity contribution in [1.82, 2.24) is 20.3 Å². The second kappa shape index (κ2) is 11.9. The molecule has 2 rings (SSSR count). The smallest absolute Gasteiger partial charge is 0.269 e. The van der Waals surface area contributed by atoms with Crippen LogP contribution in [0.1, 0.15) is 31.2 Å². The number of sulfonamides is 1. The molecule has 0 fully saturated rings. The number of ether oxygens (including phenoxy) is 2. The predicted molar refractivity (Wildman–Crippen MR) is 114 cm³/mol. The van der Waals surface area contributed by atoms with Crippen LogP contribution >= 0.6 is 0 Å². The van der Waals surface area contributed by atoms with Gasteiger partial charge in [0.2, 0.25) is 0 Å². The van der Waals surface area contributed by atoms with Crippen molar-refractivity contribution in [2.75, 3.05) is 40.5 Å². The molecule has 0 aliphatic rings. The Kier molecular flexibility index (Phi) is 9.25. The van der Waals surface area contributed by atoms with Gasteiger partial charge in [-0.3, -0.25) is 19.4 Å². The number of amides is 3. The Morgan fingerprint density at radius 3 is 1.91 bits per heavy atom. The molecule has 1 heterocycles. The van der Waals surface area contributed by atoms with E-state index in [4.69, 9.17) is 9.47 Å². The number of hydrogen-bond acceptors (Lipinski definition) is 8. The third-order valence-corrected chi connectivity index (χ3v) is 5.44. The summed E-state index contributed by atoms with van der Waals surface area (Å²) in [4.78, 5) is 39.9. The number of aromatic nitrogens is 1. The van der Waals surface area contributed by atoms with Crippen molar-refractivity contribution in [3.63, 3.8) is 0 Å². The molecule has 2 aromatic rings. The lowest BCUT2D eigenvalue weighted by Gasteiger charge is -2.09. The number of carbonyl (C=O) groups excluding carboxylic acids is 3. The maximum absolute atomic E-state index is 12.5. The summed E-state index contributed by atoms with van der Waals surface area (Å²) in [5, 5.41) is 5.19. The fourth-order valence-corrected chi connectivity index (χ4v) is 3.39. The molecule has 0 saturated heterocycles. The Labute approximate surface area is 185 Å². The Hall–Kier alpha value is -3.35. The van der Waals surface area contributed by atoms with Crippen molar-refractivity contribution in [1.29, 1.82) is 0 Å². The minimum atomic E-state index is -4.18. The monoisotopic (exact) mass is 464 g/mol. The van der Waals surface area contributed by atoms with Crippen LogP contribution in [0.2, 0.25) is 0 Å². The molecule has 11 nitrogen and oxygen atoms in total. The van der Waals surface area contributed by atoms with Gasteiger partial charge in [0.1, 0.15) is 5.69 Å². The summed E-state index contributed by atoms with van der Waals surface area (Å²) in [7, 11) is -1.18. The highest BCUT2D eigenvalue weighted by molar-refractivity contribution is 7.90. The Balaban J connectivity index is 2.01. The van der Waals surface area contributed by atoms with E-state index in [9.17, 15) is 22.8 Å². The normalized spacial score (nSPS) is 10.9. The first-order valence-electron chi connectivity index (χ1n) is 9.46. The van der Waals surface area contributed by atoms with Crippen molar-refractivity contribution in [3.05, 3.63) is 59.4 Å². The van der Waals surface area contributed by atoms with Crippen LogP contribution in [-0.4, -0.2) is 71.6 Å². The highest BCUT2D eigenvalue weighted by atomic mass is 32.2. The first-order valence-corrected chi connectivity index (χ1v) is 10.9. The average molecular weight is 465 g/mol. The molecule has 0 bridgehead atoms. The molecule has 172 valence electrons. The van der Waals surface area contributed by atoms with Gasteiger partial charge >= 0.3 is 0 Å². The van der Waals surface area contributed by atoms with E-state index >= 15 is 0 Å². The maximum Gasteiger partial charge on any atom is 0.269 e. The first-order chi connectivity index (χ1) is 15.3. The van der Waals surface area contributed by atoms with Gasteiger partial charge in [0.05, 0.1) is 23.7 Å². The molecule has 0 radical (unpaired) electrons. The van der Waals surface area contributed by atoms with Gasteiger partial charge in [-0.05, 0) is 36.4 Å². The zero-order valence-corrected chi connectivity index (χ0v) is 18.4. The van der Waals surface area contributed by atoms with E-state index in [1.165, 1.54) is 50.6 Å². The summed E-state index contributed by atoms with van der Waals surface area (Å²) < 4.78 is 36.6. The lowest BCUT2D eigenvalue weighted by molar-refractivity contribution is 0.0926. The number of methoxy groups -OCH3 is 2. The molecular weight excluding hydrogens is 440 g/mol. The fourth-order valence-electron chi connectivity index (χ4n) is 2.41. The fraction of sp³-hybridized carbons (Fsp3) is 0.300. The number of pyridine rings is 1. The van der Waals surface area contributed by atoms with E-state index in [2.05, 4.69) is 15.6 Å². The van der Waals surface area contributed by atoms with E-state index in [0.29, 0.717) is 26.3 Å². The molecule has 0 aliphatic carbocycles. The number of nitrogens with zero attached hydrogens (tertiary/aromatic N) is 1. The standard InChI is InChI=1S/C20H24N4O7S/c1-30-11-9-21-18(25)14-3-6-16(7-4-14)32(28,29)24-19(26)15-5-8-17(23-13-15)20(27)22-10-12-31-2/h3-8,13H,9-12H2,1-2H3,(H,21,25)(H,22,27)(H,24,26). The van der Waals surface area contributed by atoms with Crippen LogP contribution in [0.25, 0.3) is 0 Å². The van der Waals surface area contributed by atoms with Gasteiger partial charge < -0.3 is 20.1 Å². The second-order valence-corrected chi connectivity index (χ2v) is 8.07. The minimum Gasteiger partial charge on any atom is -0.383 e. The summed E-state index contributed by atoms with van der Waals surface area (Å²) >= 11 is 0. The molecular formula is C20H24N4O7S. The maximum atomic E-state index is 12.5. The van der Waals surface area contributed by atoms with Gasteiger partial charge in [0, 0.05) is 39.1 Å². The molecule has 1 aromatic heterocycles. The van der Waals surface area contributed by atoms with E-state index in [-0.39, 0.29) is 27.6 Å². The summed E-state index contributed by atoms with van der Waals surface area (Å²) in [6, 6.07) is 7.69. The Morgan fingerprint density at radius 2 is 1.38 bits per heavy atom. The lowest BCUT2D eigenvalue weighted by Crippen LogP contribution is -2.31. The van der Waals surface area contributed by atoms with Gasteiger partial charge in [-0.2, -0.15) is 0 Å². The largest absolute Gasteiger partial charge is 0.383 e. The van der Waals surface area contributed by atoms with Gasteiger partial charge in [0.25, 0.3) is 27.7 Å². The number of benzene rings is 1. The molecule has 32 heavy (non-hydrogen) atoms. The van der Waals surface area contributed by atoms with Crippen molar-refractivity contribution in [2.24, 2.45) is 0 Å². The number of carbonyl (C=O) groups is 3. The zero-order chi connectivity index (χ0) is 23.6. The summed E-state index contributed by atoms with van der Waals surface area (Å²) in [6.07, 6.45) is 1.10. The lowest BCUT2D eigenvalue weighted by atomic mass is 10.2. The molecule has 3 N–H and O–H groups in total. The molecule has 0 aliphatic heterocycles. The first kappa shape index (κ1) is 24.9. The summed E-state index contributed by atoms with van der Waals surface area (Å²) in [5.41, 5.74) is 0.283. The quantitative estimate of drug-likeness (QED) is 0.392. The minimum absolute atomic E-state index is 0.0452. The summed E-state index contributed by atoms with van der Waals surface area (Å²) in [6.45, 7) is 1.29. The second-order valence-electron chi connectivity index (χ2n) is 6.39. The van der Waals surface area contributed by atoms with E-state index < -0.39 is 21.8 Å². The van der Waals surface area contributed by atoms with Crippen LogP contribution in [-0.2, 0) is 19.5 Å². The third kappa shape index (κ3) is 7.11. The van der Waals surface area contributed by atoms with Crippen molar-refractivity contribution in [3.8, 4) is 0 Å². The molecule has 0 atom stereocenters. The molecule has 12 heteroatoms. The molecule has 0 spiro atoms.